The highest BCUT2D eigenvalue weighted by molar-refractivity contribution is 5.12. The van der Waals surface area contributed by atoms with Crippen LogP contribution in [0.3, 0.4) is 0 Å². The SMILES string of the molecule is OC12CC3CCCCC3CC1(O)CC1CCCCC1C2. The zero-order valence-electron chi connectivity index (χ0n) is 12.7. The van der Waals surface area contributed by atoms with E-state index in [4.69, 9.17) is 0 Å². The zero-order valence-corrected chi connectivity index (χ0v) is 12.7. The molecular formula is C18H30O2. The molecule has 4 unspecified atom stereocenters. The van der Waals surface area contributed by atoms with Crippen molar-refractivity contribution in [1.82, 2.24) is 0 Å². The van der Waals surface area contributed by atoms with Crippen molar-refractivity contribution >= 4 is 0 Å². The van der Waals surface area contributed by atoms with Gasteiger partial charge in [0.05, 0.1) is 11.2 Å². The van der Waals surface area contributed by atoms with Crippen molar-refractivity contribution in [2.75, 3.05) is 0 Å². The van der Waals surface area contributed by atoms with E-state index in [-0.39, 0.29) is 0 Å². The summed E-state index contributed by atoms with van der Waals surface area (Å²) in [6, 6.07) is 0. The fourth-order valence-corrected chi connectivity index (χ4v) is 6.31. The largest absolute Gasteiger partial charge is 0.387 e. The Morgan fingerprint density at radius 2 is 0.750 bits per heavy atom. The number of hydrogen-bond acceptors (Lipinski definition) is 2. The minimum atomic E-state index is -0.760. The summed E-state index contributed by atoms with van der Waals surface area (Å²) in [7, 11) is 0. The van der Waals surface area contributed by atoms with Gasteiger partial charge < -0.3 is 10.2 Å². The van der Waals surface area contributed by atoms with Crippen molar-refractivity contribution < 1.29 is 10.2 Å². The summed E-state index contributed by atoms with van der Waals surface area (Å²) in [6.07, 6.45) is 14.0. The predicted octanol–water partition coefficient (Wildman–Crippen LogP) is 3.65. The van der Waals surface area contributed by atoms with E-state index in [1.54, 1.807) is 0 Å². The molecule has 0 radical (unpaired) electrons. The highest BCUT2D eigenvalue weighted by atomic mass is 16.4. The van der Waals surface area contributed by atoms with Crippen molar-refractivity contribution in [3.8, 4) is 0 Å². The van der Waals surface area contributed by atoms with E-state index in [0.717, 1.165) is 25.7 Å². The average Bonchev–Trinajstić information content (AvgIpc) is 2.42. The summed E-state index contributed by atoms with van der Waals surface area (Å²) in [6.45, 7) is 0. The van der Waals surface area contributed by atoms with Crippen molar-refractivity contribution in [1.29, 1.82) is 0 Å². The molecular weight excluding hydrogens is 248 g/mol. The van der Waals surface area contributed by atoms with Crippen molar-refractivity contribution in [2.45, 2.75) is 88.3 Å². The van der Waals surface area contributed by atoms with Crippen LogP contribution >= 0.6 is 0 Å². The van der Waals surface area contributed by atoms with Gasteiger partial charge in [-0.05, 0) is 49.4 Å². The second-order valence-electron chi connectivity index (χ2n) is 8.49. The van der Waals surface area contributed by atoms with Gasteiger partial charge in [0, 0.05) is 0 Å². The second kappa shape index (κ2) is 4.71. The Hall–Kier alpha value is -0.0800. The molecule has 0 saturated heterocycles. The first kappa shape index (κ1) is 13.6. The van der Waals surface area contributed by atoms with Crippen LogP contribution in [0.1, 0.15) is 77.0 Å². The van der Waals surface area contributed by atoms with E-state index in [1.165, 1.54) is 51.4 Å². The Balaban J connectivity index is 1.60. The van der Waals surface area contributed by atoms with Crippen molar-refractivity contribution in [2.24, 2.45) is 23.7 Å². The van der Waals surface area contributed by atoms with Gasteiger partial charge in [-0.2, -0.15) is 0 Å². The molecule has 4 fully saturated rings. The minimum Gasteiger partial charge on any atom is -0.387 e. The van der Waals surface area contributed by atoms with Crippen LogP contribution in [0, 0.1) is 23.7 Å². The van der Waals surface area contributed by atoms with Crippen LogP contribution in [0.4, 0.5) is 0 Å². The average molecular weight is 278 g/mol. The van der Waals surface area contributed by atoms with Crippen LogP contribution in [0.15, 0.2) is 0 Å². The third-order valence-corrected chi connectivity index (χ3v) is 7.40. The van der Waals surface area contributed by atoms with Gasteiger partial charge in [-0.1, -0.05) is 51.4 Å². The molecule has 0 heterocycles. The molecule has 20 heavy (non-hydrogen) atoms. The molecule has 4 aliphatic carbocycles. The number of hydrogen-bond donors (Lipinski definition) is 2. The first-order chi connectivity index (χ1) is 9.60. The Kier molecular flexibility index (Phi) is 3.20. The molecule has 114 valence electrons. The topological polar surface area (TPSA) is 40.5 Å². The maximum atomic E-state index is 11.3. The van der Waals surface area contributed by atoms with Crippen LogP contribution in [0.2, 0.25) is 0 Å². The molecule has 2 heteroatoms. The molecule has 0 aromatic heterocycles. The van der Waals surface area contributed by atoms with E-state index in [2.05, 4.69) is 0 Å². The second-order valence-corrected chi connectivity index (χ2v) is 8.49. The molecule has 0 spiro atoms. The highest BCUT2D eigenvalue weighted by Gasteiger charge is 2.60. The standard InChI is InChI=1S/C18H30O2/c19-17-9-13-5-1-2-6-14(13)10-18(17,20)12-16-8-4-3-7-15(16)11-17/h13-16,19-20H,1-12H2. The molecule has 0 aromatic carbocycles. The summed E-state index contributed by atoms with van der Waals surface area (Å²) in [4.78, 5) is 0. The van der Waals surface area contributed by atoms with Crippen molar-refractivity contribution in [3.63, 3.8) is 0 Å². The van der Waals surface area contributed by atoms with Gasteiger partial charge in [0.2, 0.25) is 0 Å². The maximum Gasteiger partial charge on any atom is 0.0939 e. The number of rotatable bonds is 0. The van der Waals surface area contributed by atoms with E-state index >= 15 is 0 Å². The number of fused-ring (bicyclic) bond motifs is 3. The van der Waals surface area contributed by atoms with Gasteiger partial charge in [0.25, 0.3) is 0 Å². The van der Waals surface area contributed by atoms with Gasteiger partial charge in [-0.15, -0.1) is 0 Å². The zero-order chi connectivity index (χ0) is 13.8. The van der Waals surface area contributed by atoms with Crippen LogP contribution in [0.5, 0.6) is 0 Å². The molecule has 0 aromatic rings. The third kappa shape index (κ3) is 1.98. The van der Waals surface area contributed by atoms with E-state index in [1.807, 2.05) is 0 Å². The van der Waals surface area contributed by atoms with Gasteiger partial charge in [0.15, 0.2) is 0 Å². The molecule has 4 rings (SSSR count). The van der Waals surface area contributed by atoms with Gasteiger partial charge >= 0.3 is 0 Å². The first-order valence-corrected chi connectivity index (χ1v) is 9.04. The smallest absolute Gasteiger partial charge is 0.0939 e. The molecule has 0 bridgehead atoms. The monoisotopic (exact) mass is 278 g/mol. The van der Waals surface area contributed by atoms with Crippen molar-refractivity contribution in [3.05, 3.63) is 0 Å². The fourth-order valence-electron chi connectivity index (χ4n) is 6.31. The molecule has 0 amide bonds. The summed E-state index contributed by atoms with van der Waals surface area (Å²) >= 11 is 0. The lowest BCUT2D eigenvalue weighted by atomic mass is 9.50. The fraction of sp³-hybridized carbons (Fsp3) is 1.00. The van der Waals surface area contributed by atoms with Gasteiger partial charge in [0.1, 0.15) is 0 Å². The number of aliphatic hydroxyl groups is 2. The molecule has 4 atom stereocenters. The normalized spacial score (nSPS) is 55.5. The lowest BCUT2D eigenvalue weighted by Gasteiger charge is -2.60. The summed E-state index contributed by atoms with van der Waals surface area (Å²) in [5.41, 5.74) is -1.52. The van der Waals surface area contributed by atoms with Crippen LogP contribution < -0.4 is 0 Å². The molecule has 2 N–H and O–H groups in total. The summed E-state index contributed by atoms with van der Waals surface area (Å²) in [5.74, 6) is 2.76. The van der Waals surface area contributed by atoms with E-state index in [0.29, 0.717) is 23.7 Å². The molecule has 4 saturated carbocycles. The lowest BCUT2D eigenvalue weighted by molar-refractivity contribution is -0.243. The maximum absolute atomic E-state index is 11.3. The summed E-state index contributed by atoms with van der Waals surface area (Å²) < 4.78 is 0. The Labute approximate surface area is 123 Å². The Morgan fingerprint density at radius 3 is 1.00 bits per heavy atom. The predicted molar refractivity (Wildman–Crippen MR) is 79.3 cm³/mol. The van der Waals surface area contributed by atoms with Gasteiger partial charge in [-0.3, -0.25) is 0 Å². The Morgan fingerprint density at radius 1 is 0.500 bits per heavy atom. The van der Waals surface area contributed by atoms with Crippen LogP contribution in [-0.4, -0.2) is 21.4 Å². The quantitative estimate of drug-likeness (QED) is 0.710. The summed E-state index contributed by atoms with van der Waals surface area (Å²) in [5, 5.41) is 22.6. The first-order valence-electron chi connectivity index (χ1n) is 9.04. The molecule has 0 aliphatic heterocycles. The van der Waals surface area contributed by atoms with Crippen LogP contribution in [-0.2, 0) is 0 Å². The van der Waals surface area contributed by atoms with Gasteiger partial charge in [-0.25, -0.2) is 0 Å². The Bertz CT molecular complexity index is 314. The lowest BCUT2D eigenvalue weighted by Crippen LogP contribution is -2.65. The third-order valence-electron chi connectivity index (χ3n) is 7.40. The van der Waals surface area contributed by atoms with E-state index in [9.17, 15) is 10.2 Å². The molecule has 4 aliphatic rings. The minimum absolute atomic E-state index is 0.689. The highest BCUT2D eigenvalue weighted by Crippen LogP contribution is 2.58. The molecule has 2 nitrogen and oxygen atoms in total. The van der Waals surface area contributed by atoms with Crippen LogP contribution in [0.25, 0.3) is 0 Å². The van der Waals surface area contributed by atoms with E-state index < -0.39 is 11.2 Å².